The van der Waals surface area contributed by atoms with Gasteiger partial charge in [0.05, 0.1) is 16.7 Å². The van der Waals surface area contributed by atoms with Gasteiger partial charge >= 0.3 is 5.97 Å². The average Bonchev–Trinajstić information content (AvgIpc) is 2.67. The van der Waals surface area contributed by atoms with Crippen molar-refractivity contribution in [3.63, 3.8) is 0 Å². The molecule has 0 aliphatic rings. The first-order valence-electron chi connectivity index (χ1n) is 4.75. The average molecular weight is 313 g/mol. The van der Waals surface area contributed by atoms with E-state index in [1.165, 1.54) is 11.8 Å². The third-order valence-electron chi connectivity index (χ3n) is 2.09. The molecule has 0 saturated heterocycles. The van der Waals surface area contributed by atoms with Crippen LogP contribution >= 0.6 is 27.7 Å². The van der Waals surface area contributed by atoms with Gasteiger partial charge in [0.25, 0.3) is 0 Å². The molecule has 0 saturated carbocycles. The first-order valence-corrected chi connectivity index (χ1v) is 6.36. The summed E-state index contributed by atoms with van der Waals surface area (Å²) in [6.07, 6.45) is 3.67. The molecule has 17 heavy (non-hydrogen) atoms. The van der Waals surface area contributed by atoms with E-state index in [4.69, 9.17) is 5.11 Å². The summed E-state index contributed by atoms with van der Waals surface area (Å²) >= 11 is 4.90. The van der Waals surface area contributed by atoms with Crippen molar-refractivity contribution in [3.05, 3.63) is 40.6 Å². The van der Waals surface area contributed by atoms with Crippen LogP contribution in [0.4, 0.5) is 0 Å². The summed E-state index contributed by atoms with van der Waals surface area (Å²) in [6.45, 7) is 0. The van der Waals surface area contributed by atoms with Crippen molar-refractivity contribution in [1.29, 1.82) is 0 Å². The van der Waals surface area contributed by atoms with Crippen LogP contribution in [0.1, 0.15) is 10.4 Å². The quantitative estimate of drug-likeness (QED) is 0.946. The van der Waals surface area contributed by atoms with Crippen molar-refractivity contribution in [2.45, 2.75) is 9.79 Å². The summed E-state index contributed by atoms with van der Waals surface area (Å²) in [4.78, 5) is 12.8. The molecule has 0 amide bonds. The summed E-state index contributed by atoms with van der Waals surface area (Å²) in [5, 5.41) is 12.9. The smallest absolute Gasteiger partial charge is 0.335 e. The van der Waals surface area contributed by atoms with Crippen LogP contribution in [0, 0.1) is 0 Å². The van der Waals surface area contributed by atoms with Gasteiger partial charge in [0.2, 0.25) is 0 Å². The summed E-state index contributed by atoms with van der Waals surface area (Å²) in [5.41, 5.74) is 0.271. The van der Waals surface area contributed by atoms with Gasteiger partial charge in [-0.05, 0) is 34.1 Å². The molecule has 0 atom stereocenters. The minimum atomic E-state index is -0.927. The molecule has 0 aliphatic heterocycles. The number of benzene rings is 1. The van der Waals surface area contributed by atoms with E-state index in [0.29, 0.717) is 0 Å². The van der Waals surface area contributed by atoms with Crippen molar-refractivity contribution < 1.29 is 9.90 Å². The van der Waals surface area contributed by atoms with Crippen LogP contribution in [0.5, 0.6) is 0 Å². The molecule has 1 aromatic carbocycles. The van der Waals surface area contributed by atoms with Gasteiger partial charge in [-0.15, -0.1) is 0 Å². The number of aromatic nitrogens is 2. The fourth-order valence-electron chi connectivity index (χ4n) is 1.30. The Hall–Kier alpha value is -1.27. The summed E-state index contributed by atoms with van der Waals surface area (Å²) < 4.78 is 2.49. The van der Waals surface area contributed by atoms with Gasteiger partial charge in [0.1, 0.15) is 0 Å². The number of rotatable bonds is 3. The Balaban J connectivity index is 2.25. The molecule has 6 heteroatoms. The van der Waals surface area contributed by atoms with Crippen LogP contribution in [0.25, 0.3) is 0 Å². The molecule has 0 fully saturated rings. The fourth-order valence-corrected chi connectivity index (χ4v) is 2.77. The Morgan fingerprint density at radius 1 is 1.53 bits per heavy atom. The van der Waals surface area contributed by atoms with Crippen LogP contribution in [-0.2, 0) is 7.05 Å². The Labute approximate surface area is 111 Å². The van der Waals surface area contributed by atoms with Crippen molar-refractivity contribution in [2.75, 3.05) is 0 Å². The minimum absolute atomic E-state index is 0.271. The number of carboxylic acid groups (broad SMARTS) is 1. The van der Waals surface area contributed by atoms with Crippen LogP contribution in [0.3, 0.4) is 0 Å². The first kappa shape index (κ1) is 12.2. The highest BCUT2D eigenvalue weighted by Crippen LogP contribution is 2.33. The molecular weight excluding hydrogens is 304 g/mol. The molecule has 4 nitrogen and oxygen atoms in total. The van der Waals surface area contributed by atoms with Gasteiger partial charge in [-0.25, -0.2) is 4.79 Å². The number of aryl methyl sites for hydroxylation is 1. The molecule has 2 aromatic rings. The maximum absolute atomic E-state index is 10.8. The van der Waals surface area contributed by atoms with E-state index in [1.807, 2.05) is 13.2 Å². The molecule has 1 aromatic heterocycles. The van der Waals surface area contributed by atoms with E-state index >= 15 is 0 Å². The molecule has 1 heterocycles. The molecule has 1 N–H and O–H groups in total. The van der Waals surface area contributed by atoms with Crippen LogP contribution in [-0.4, -0.2) is 20.9 Å². The maximum Gasteiger partial charge on any atom is 0.335 e. The van der Waals surface area contributed by atoms with Gasteiger partial charge in [0, 0.05) is 22.6 Å². The number of halogens is 1. The van der Waals surface area contributed by atoms with E-state index in [9.17, 15) is 4.79 Å². The summed E-state index contributed by atoms with van der Waals surface area (Å²) in [7, 11) is 1.85. The Kier molecular flexibility index (Phi) is 3.54. The zero-order chi connectivity index (χ0) is 12.4. The Morgan fingerprint density at radius 3 is 2.82 bits per heavy atom. The highest BCUT2D eigenvalue weighted by atomic mass is 79.9. The van der Waals surface area contributed by atoms with Crippen LogP contribution < -0.4 is 0 Å². The second-order valence-electron chi connectivity index (χ2n) is 3.40. The standard InChI is InChI=1S/C11H9BrN2O2S/c1-14-6-8(5-13-14)17-10-3-2-7(11(15)16)4-9(10)12/h2-6H,1H3,(H,15,16). The van der Waals surface area contributed by atoms with Crippen molar-refractivity contribution >= 4 is 33.7 Å². The van der Waals surface area contributed by atoms with E-state index < -0.39 is 5.97 Å². The van der Waals surface area contributed by atoms with Crippen molar-refractivity contribution in [3.8, 4) is 0 Å². The number of hydrogen-bond donors (Lipinski definition) is 1. The third-order valence-corrected chi connectivity index (χ3v) is 4.03. The predicted octanol–water partition coefficient (Wildman–Crippen LogP) is 3.03. The van der Waals surface area contributed by atoms with E-state index in [0.717, 1.165) is 14.3 Å². The fraction of sp³-hybridized carbons (Fsp3) is 0.0909. The normalized spacial score (nSPS) is 10.5. The number of aromatic carboxylic acids is 1. The van der Waals surface area contributed by atoms with Crippen LogP contribution in [0.15, 0.2) is 44.9 Å². The topological polar surface area (TPSA) is 55.1 Å². The predicted molar refractivity (Wildman–Crippen MR) is 68.4 cm³/mol. The molecular formula is C11H9BrN2O2S. The molecule has 0 spiro atoms. The highest BCUT2D eigenvalue weighted by Gasteiger charge is 2.08. The van der Waals surface area contributed by atoms with Gasteiger partial charge in [-0.3, -0.25) is 4.68 Å². The number of carbonyl (C=O) groups is 1. The second kappa shape index (κ2) is 4.93. The lowest BCUT2D eigenvalue weighted by molar-refractivity contribution is 0.0696. The van der Waals surface area contributed by atoms with E-state index in [-0.39, 0.29) is 5.56 Å². The van der Waals surface area contributed by atoms with E-state index in [2.05, 4.69) is 21.0 Å². The largest absolute Gasteiger partial charge is 0.478 e. The molecule has 2 rings (SSSR count). The lowest BCUT2D eigenvalue weighted by Crippen LogP contribution is -1.95. The lowest BCUT2D eigenvalue weighted by atomic mass is 10.2. The van der Waals surface area contributed by atoms with Gasteiger partial charge in [0.15, 0.2) is 0 Å². The number of nitrogens with zero attached hydrogens (tertiary/aromatic N) is 2. The summed E-state index contributed by atoms with van der Waals surface area (Å²) in [6, 6.07) is 4.97. The molecule has 0 radical (unpaired) electrons. The molecule has 0 aliphatic carbocycles. The van der Waals surface area contributed by atoms with Gasteiger partial charge < -0.3 is 5.11 Å². The molecule has 0 unspecified atom stereocenters. The zero-order valence-corrected chi connectivity index (χ0v) is 11.3. The molecule has 0 bridgehead atoms. The third kappa shape index (κ3) is 2.89. The lowest BCUT2D eigenvalue weighted by Gasteiger charge is -2.03. The van der Waals surface area contributed by atoms with Crippen molar-refractivity contribution in [1.82, 2.24) is 9.78 Å². The Bertz CT molecular complexity index is 568. The van der Waals surface area contributed by atoms with Crippen molar-refractivity contribution in [2.24, 2.45) is 7.05 Å². The monoisotopic (exact) mass is 312 g/mol. The maximum atomic E-state index is 10.8. The van der Waals surface area contributed by atoms with Gasteiger partial charge in [-0.2, -0.15) is 5.10 Å². The highest BCUT2D eigenvalue weighted by molar-refractivity contribution is 9.10. The number of hydrogen-bond acceptors (Lipinski definition) is 3. The molecule has 88 valence electrons. The second-order valence-corrected chi connectivity index (χ2v) is 5.37. The van der Waals surface area contributed by atoms with Crippen LogP contribution in [0.2, 0.25) is 0 Å². The zero-order valence-electron chi connectivity index (χ0n) is 8.92. The number of carboxylic acids is 1. The Morgan fingerprint density at radius 2 is 2.29 bits per heavy atom. The first-order chi connectivity index (χ1) is 8.06. The SMILES string of the molecule is Cn1cc(Sc2ccc(C(=O)O)cc2Br)cn1. The van der Waals surface area contributed by atoms with E-state index in [1.54, 1.807) is 29.1 Å². The summed E-state index contributed by atoms with van der Waals surface area (Å²) in [5.74, 6) is -0.927. The minimum Gasteiger partial charge on any atom is -0.478 e. The van der Waals surface area contributed by atoms with Gasteiger partial charge in [-0.1, -0.05) is 11.8 Å².